The molecule has 0 saturated heterocycles. The highest BCUT2D eigenvalue weighted by molar-refractivity contribution is 14.0. The third-order valence-electron chi connectivity index (χ3n) is 3.56. The summed E-state index contributed by atoms with van der Waals surface area (Å²) in [6.07, 6.45) is 0.798. The van der Waals surface area contributed by atoms with Crippen molar-refractivity contribution in [3.05, 3.63) is 45.9 Å². The second-order valence-electron chi connectivity index (χ2n) is 5.72. The normalized spacial score (nSPS) is 11.3. The number of thiazole rings is 1. The lowest BCUT2D eigenvalue weighted by molar-refractivity contribution is -0.0498. The molecular formula is C18H25F2IN4OS. The number of aromatic nitrogens is 1. The summed E-state index contributed by atoms with van der Waals surface area (Å²) >= 11 is 1.64. The molecule has 150 valence electrons. The average Bonchev–Trinajstić information content (AvgIpc) is 3.00. The highest BCUT2D eigenvalue weighted by Gasteiger charge is 2.08. The maximum absolute atomic E-state index is 12.2. The van der Waals surface area contributed by atoms with Gasteiger partial charge in [-0.25, -0.2) is 4.98 Å². The Morgan fingerprint density at radius 2 is 2.04 bits per heavy atom. The number of rotatable bonds is 8. The van der Waals surface area contributed by atoms with Gasteiger partial charge in [0.15, 0.2) is 5.96 Å². The van der Waals surface area contributed by atoms with E-state index in [0.29, 0.717) is 13.1 Å². The van der Waals surface area contributed by atoms with Crippen LogP contribution >= 0.6 is 35.3 Å². The maximum Gasteiger partial charge on any atom is 0.387 e. The number of aliphatic imine (C=N–C) groups is 1. The first-order chi connectivity index (χ1) is 12.5. The zero-order valence-electron chi connectivity index (χ0n) is 15.6. The fourth-order valence-electron chi connectivity index (χ4n) is 2.39. The van der Waals surface area contributed by atoms with Crippen LogP contribution in [-0.2, 0) is 13.0 Å². The number of aryl methyl sites for hydroxylation is 1. The molecule has 1 aromatic heterocycles. The van der Waals surface area contributed by atoms with Gasteiger partial charge in [0, 0.05) is 38.5 Å². The van der Waals surface area contributed by atoms with Crippen LogP contribution in [0.5, 0.6) is 5.75 Å². The van der Waals surface area contributed by atoms with Gasteiger partial charge < -0.3 is 15.0 Å². The molecule has 1 N–H and O–H groups in total. The molecule has 0 spiro atoms. The SMILES string of the molecule is CCNC(=NCCc1csc(C)n1)N(C)Cc1ccc(OC(F)F)cc1.I. The first kappa shape index (κ1) is 23.5. The highest BCUT2D eigenvalue weighted by atomic mass is 127. The molecule has 2 aromatic rings. The Kier molecular flexibility index (Phi) is 10.5. The summed E-state index contributed by atoms with van der Waals surface area (Å²) in [5.41, 5.74) is 2.04. The van der Waals surface area contributed by atoms with Crippen LogP contribution in [-0.4, -0.2) is 42.6 Å². The first-order valence-corrected chi connectivity index (χ1v) is 9.30. The molecule has 0 unspecified atom stereocenters. The molecule has 0 aliphatic heterocycles. The van der Waals surface area contributed by atoms with Gasteiger partial charge >= 0.3 is 6.61 Å². The molecule has 1 heterocycles. The van der Waals surface area contributed by atoms with Crippen LogP contribution in [0.1, 0.15) is 23.2 Å². The van der Waals surface area contributed by atoms with Crippen LogP contribution in [0, 0.1) is 6.92 Å². The molecule has 0 amide bonds. The summed E-state index contributed by atoms with van der Waals surface area (Å²) in [6, 6.07) is 6.64. The van der Waals surface area contributed by atoms with E-state index in [1.807, 2.05) is 25.8 Å². The van der Waals surface area contributed by atoms with Crippen molar-refractivity contribution < 1.29 is 13.5 Å². The van der Waals surface area contributed by atoms with Crippen molar-refractivity contribution >= 4 is 41.3 Å². The first-order valence-electron chi connectivity index (χ1n) is 8.42. The summed E-state index contributed by atoms with van der Waals surface area (Å²) in [4.78, 5) is 11.1. The molecule has 0 bridgehead atoms. The molecule has 0 saturated carbocycles. The summed E-state index contributed by atoms with van der Waals surface area (Å²) < 4.78 is 28.8. The van der Waals surface area contributed by atoms with Gasteiger partial charge in [0.1, 0.15) is 5.75 Å². The minimum absolute atomic E-state index is 0. The Labute approximate surface area is 179 Å². The van der Waals surface area contributed by atoms with Crippen LogP contribution in [0.25, 0.3) is 0 Å². The van der Waals surface area contributed by atoms with Gasteiger partial charge in [0.25, 0.3) is 0 Å². The van der Waals surface area contributed by atoms with Crippen molar-refractivity contribution in [3.8, 4) is 5.75 Å². The lowest BCUT2D eigenvalue weighted by atomic mass is 10.2. The third-order valence-corrected chi connectivity index (χ3v) is 4.38. The average molecular weight is 510 g/mol. The Morgan fingerprint density at radius 1 is 1.33 bits per heavy atom. The van der Waals surface area contributed by atoms with E-state index in [0.717, 1.165) is 35.2 Å². The molecule has 0 fully saturated rings. The predicted molar refractivity (Wildman–Crippen MR) is 116 cm³/mol. The number of alkyl halides is 2. The number of hydrogen-bond donors (Lipinski definition) is 1. The van der Waals surface area contributed by atoms with Gasteiger partial charge in [-0.1, -0.05) is 12.1 Å². The molecule has 5 nitrogen and oxygen atoms in total. The van der Waals surface area contributed by atoms with E-state index in [1.54, 1.807) is 35.6 Å². The minimum atomic E-state index is -2.81. The fraction of sp³-hybridized carbons (Fsp3) is 0.444. The van der Waals surface area contributed by atoms with E-state index in [9.17, 15) is 8.78 Å². The Balaban J connectivity index is 0.00000364. The third kappa shape index (κ3) is 8.37. The van der Waals surface area contributed by atoms with Gasteiger partial charge in [0.05, 0.1) is 10.7 Å². The Hall–Kier alpha value is -1.49. The molecule has 1 aromatic carbocycles. The number of halogens is 3. The second-order valence-corrected chi connectivity index (χ2v) is 6.78. The summed E-state index contributed by atoms with van der Waals surface area (Å²) in [6.45, 7) is 3.22. The van der Waals surface area contributed by atoms with Gasteiger partial charge in [-0.3, -0.25) is 4.99 Å². The van der Waals surface area contributed by atoms with E-state index in [2.05, 4.69) is 25.4 Å². The Bertz CT molecular complexity index is 710. The van der Waals surface area contributed by atoms with Crippen LogP contribution in [0.4, 0.5) is 8.78 Å². The smallest absolute Gasteiger partial charge is 0.387 e. The number of nitrogens with one attached hydrogen (secondary N) is 1. The van der Waals surface area contributed by atoms with Crippen LogP contribution in [0.3, 0.4) is 0 Å². The number of guanidine groups is 1. The largest absolute Gasteiger partial charge is 0.435 e. The topological polar surface area (TPSA) is 49.8 Å². The molecular weight excluding hydrogens is 485 g/mol. The zero-order chi connectivity index (χ0) is 18.9. The maximum atomic E-state index is 12.2. The van der Waals surface area contributed by atoms with E-state index in [1.165, 1.54) is 0 Å². The molecule has 27 heavy (non-hydrogen) atoms. The number of hydrogen-bond acceptors (Lipinski definition) is 4. The molecule has 0 aliphatic rings. The summed E-state index contributed by atoms with van der Waals surface area (Å²) in [7, 11) is 1.94. The van der Waals surface area contributed by atoms with Crippen molar-refractivity contribution in [2.24, 2.45) is 4.99 Å². The Morgan fingerprint density at radius 3 is 2.59 bits per heavy atom. The molecule has 0 radical (unpaired) electrons. The zero-order valence-corrected chi connectivity index (χ0v) is 18.8. The van der Waals surface area contributed by atoms with E-state index < -0.39 is 6.61 Å². The quantitative estimate of drug-likeness (QED) is 0.327. The second kappa shape index (κ2) is 12.1. The van der Waals surface area contributed by atoms with Crippen LogP contribution in [0.2, 0.25) is 0 Å². The van der Waals surface area contributed by atoms with Gasteiger partial charge in [-0.05, 0) is 31.5 Å². The number of nitrogens with zero attached hydrogens (tertiary/aromatic N) is 3. The number of benzene rings is 1. The van der Waals surface area contributed by atoms with Crippen molar-refractivity contribution in [3.63, 3.8) is 0 Å². The lowest BCUT2D eigenvalue weighted by Crippen LogP contribution is -2.38. The summed E-state index contributed by atoms with van der Waals surface area (Å²) in [5, 5.41) is 6.39. The van der Waals surface area contributed by atoms with E-state index in [4.69, 9.17) is 0 Å². The lowest BCUT2D eigenvalue weighted by Gasteiger charge is -2.22. The predicted octanol–water partition coefficient (Wildman–Crippen LogP) is 4.31. The monoisotopic (exact) mass is 510 g/mol. The fourth-order valence-corrected chi connectivity index (χ4v) is 3.04. The van der Waals surface area contributed by atoms with Gasteiger partial charge in [0.2, 0.25) is 0 Å². The highest BCUT2D eigenvalue weighted by Crippen LogP contribution is 2.16. The number of ether oxygens (including phenoxy) is 1. The summed E-state index contributed by atoms with van der Waals surface area (Å²) in [5.74, 6) is 0.956. The molecule has 0 atom stereocenters. The van der Waals surface area contributed by atoms with Crippen molar-refractivity contribution in [2.45, 2.75) is 33.4 Å². The van der Waals surface area contributed by atoms with Crippen LogP contribution in [0.15, 0.2) is 34.6 Å². The molecule has 0 aliphatic carbocycles. The van der Waals surface area contributed by atoms with Gasteiger partial charge in [-0.2, -0.15) is 8.78 Å². The molecule has 2 rings (SSSR count). The van der Waals surface area contributed by atoms with Crippen molar-refractivity contribution in [1.29, 1.82) is 0 Å². The molecule has 9 heteroatoms. The van der Waals surface area contributed by atoms with Gasteiger partial charge in [-0.15, -0.1) is 35.3 Å². The van der Waals surface area contributed by atoms with Crippen LogP contribution < -0.4 is 10.1 Å². The van der Waals surface area contributed by atoms with Crippen molar-refractivity contribution in [2.75, 3.05) is 20.1 Å². The van der Waals surface area contributed by atoms with Crippen molar-refractivity contribution in [1.82, 2.24) is 15.2 Å². The van der Waals surface area contributed by atoms with E-state index >= 15 is 0 Å². The standard InChI is InChI=1S/C18H24F2N4OS.HI/c1-4-21-18(22-10-9-15-12-26-13(2)23-15)24(3)11-14-5-7-16(8-6-14)25-17(19)20;/h5-8,12,17H,4,9-11H2,1-3H3,(H,21,22);1H. The van der Waals surface area contributed by atoms with E-state index in [-0.39, 0.29) is 29.7 Å². The minimum Gasteiger partial charge on any atom is -0.435 e.